The lowest BCUT2D eigenvalue weighted by Gasteiger charge is -2.30. The average molecular weight is 213 g/mol. The van der Waals surface area contributed by atoms with Crippen molar-refractivity contribution in [3.8, 4) is 0 Å². The summed E-state index contributed by atoms with van der Waals surface area (Å²) in [6, 6.07) is 0. The molecule has 0 aromatic rings. The van der Waals surface area contributed by atoms with E-state index in [1.165, 1.54) is 13.8 Å². The van der Waals surface area contributed by atoms with Gasteiger partial charge in [0.1, 0.15) is 0 Å². The topological polar surface area (TPSA) is 83.5 Å². The van der Waals surface area contributed by atoms with E-state index in [0.29, 0.717) is 0 Å². The number of Topliss-reactive ketones (excluding diaryl/α,β-unsaturated/α-hetero) is 1. The van der Waals surface area contributed by atoms with Gasteiger partial charge in [0.2, 0.25) is 5.60 Å². The van der Waals surface area contributed by atoms with Crippen molar-refractivity contribution in [1.82, 2.24) is 0 Å². The third kappa shape index (κ3) is 2.65. The molecule has 0 saturated carbocycles. The lowest BCUT2D eigenvalue weighted by molar-refractivity contribution is -0.322. The summed E-state index contributed by atoms with van der Waals surface area (Å²) in [5, 5.41) is 10.8. The standard InChI is InChI=1S/C10H14O5/c1-5-10(7(4)11,9(13)14)15-8(12)6(2)3/h2,5H2,1,3-4H3,(H,13,14)/p-1. The van der Waals surface area contributed by atoms with Crippen LogP contribution in [0.1, 0.15) is 27.2 Å². The average Bonchev–Trinajstić information content (AvgIpc) is 2.12. The van der Waals surface area contributed by atoms with E-state index in [2.05, 4.69) is 11.3 Å². The number of hydrogen-bond acceptors (Lipinski definition) is 5. The first-order chi connectivity index (χ1) is 6.77. The number of hydrogen-bond donors (Lipinski definition) is 0. The highest BCUT2D eigenvalue weighted by Crippen LogP contribution is 2.18. The minimum atomic E-state index is -2.20. The highest BCUT2D eigenvalue weighted by atomic mass is 16.6. The van der Waals surface area contributed by atoms with Gasteiger partial charge in [-0.3, -0.25) is 4.79 Å². The highest BCUT2D eigenvalue weighted by molar-refractivity contribution is 6.07. The van der Waals surface area contributed by atoms with Crippen LogP contribution in [-0.4, -0.2) is 23.3 Å². The van der Waals surface area contributed by atoms with Crippen LogP contribution in [0.15, 0.2) is 12.2 Å². The molecule has 0 N–H and O–H groups in total. The normalized spacial score (nSPS) is 13.8. The van der Waals surface area contributed by atoms with Gasteiger partial charge in [-0.2, -0.15) is 0 Å². The number of aliphatic carboxylic acids is 1. The molecule has 0 saturated heterocycles. The molecule has 0 fully saturated rings. The van der Waals surface area contributed by atoms with Gasteiger partial charge in [-0.05, 0) is 20.3 Å². The number of carbonyl (C=O) groups excluding carboxylic acids is 3. The Balaban J connectivity index is 5.12. The van der Waals surface area contributed by atoms with Crippen LogP contribution in [0.5, 0.6) is 0 Å². The number of carbonyl (C=O) groups is 3. The summed E-state index contributed by atoms with van der Waals surface area (Å²) in [6.45, 7) is 7.10. The Morgan fingerprint density at radius 2 is 1.80 bits per heavy atom. The van der Waals surface area contributed by atoms with Crippen LogP contribution in [0.4, 0.5) is 0 Å². The minimum absolute atomic E-state index is 0.0234. The molecule has 0 aromatic carbocycles. The summed E-state index contributed by atoms with van der Waals surface area (Å²) < 4.78 is 4.62. The third-order valence-corrected chi connectivity index (χ3v) is 2.01. The van der Waals surface area contributed by atoms with E-state index < -0.39 is 23.3 Å². The van der Waals surface area contributed by atoms with Gasteiger partial charge in [-0.25, -0.2) is 4.79 Å². The number of ether oxygens (including phenoxy) is 1. The Morgan fingerprint density at radius 1 is 1.33 bits per heavy atom. The fourth-order valence-electron chi connectivity index (χ4n) is 0.968. The molecule has 5 nitrogen and oxygen atoms in total. The van der Waals surface area contributed by atoms with Crippen molar-refractivity contribution < 1.29 is 24.2 Å². The summed E-state index contributed by atoms with van der Waals surface area (Å²) in [5.74, 6) is -3.41. The molecule has 5 heteroatoms. The fraction of sp³-hybridized carbons (Fsp3) is 0.500. The maximum Gasteiger partial charge on any atom is 0.334 e. The Bertz CT molecular complexity index is 302. The van der Waals surface area contributed by atoms with Crippen molar-refractivity contribution in [3.63, 3.8) is 0 Å². The van der Waals surface area contributed by atoms with Crippen LogP contribution in [-0.2, 0) is 19.1 Å². The molecule has 0 aliphatic rings. The summed E-state index contributed by atoms with van der Waals surface area (Å²) in [5.41, 5.74) is -2.17. The van der Waals surface area contributed by atoms with E-state index in [4.69, 9.17) is 0 Å². The Kier molecular flexibility index (Phi) is 4.21. The van der Waals surface area contributed by atoms with Gasteiger partial charge in [0.15, 0.2) is 5.78 Å². The van der Waals surface area contributed by atoms with E-state index in [9.17, 15) is 19.5 Å². The lowest BCUT2D eigenvalue weighted by Crippen LogP contribution is -2.55. The van der Waals surface area contributed by atoms with Crippen LogP contribution in [0, 0.1) is 0 Å². The zero-order valence-corrected chi connectivity index (χ0v) is 8.96. The van der Waals surface area contributed by atoms with Gasteiger partial charge in [0, 0.05) is 5.57 Å². The van der Waals surface area contributed by atoms with Gasteiger partial charge >= 0.3 is 5.97 Å². The first kappa shape index (κ1) is 13.4. The molecule has 0 heterocycles. The van der Waals surface area contributed by atoms with Gasteiger partial charge in [0.25, 0.3) is 0 Å². The molecule has 0 aliphatic carbocycles. The molecule has 0 radical (unpaired) electrons. The third-order valence-electron chi connectivity index (χ3n) is 2.01. The summed E-state index contributed by atoms with van der Waals surface area (Å²) in [4.78, 5) is 33.1. The number of rotatable bonds is 5. The molecule has 0 aliphatic heterocycles. The van der Waals surface area contributed by atoms with E-state index in [0.717, 1.165) is 6.92 Å². The van der Waals surface area contributed by atoms with E-state index >= 15 is 0 Å². The monoisotopic (exact) mass is 213 g/mol. The number of carboxylic acid groups (broad SMARTS) is 1. The van der Waals surface area contributed by atoms with Crippen molar-refractivity contribution in [2.45, 2.75) is 32.8 Å². The lowest BCUT2D eigenvalue weighted by atomic mass is 9.96. The van der Waals surface area contributed by atoms with Crippen LogP contribution < -0.4 is 5.11 Å². The van der Waals surface area contributed by atoms with Gasteiger partial charge in [-0.15, -0.1) is 0 Å². The molecule has 1 unspecified atom stereocenters. The zero-order valence-electron chi connectivity index (χ0n) is 8.96. The Hall–Kier alpha value is -1.65. The van der Waals surface area contributed by atoms with Crippen molar-refractivity contribution in [2.75, 3.05) is 0 Å². The molecule has 84 valence electrons. The number of esters is 1. The smallest absolute Gasteiger partial charge is 0.334 e. The Labute approximate surface area is 87.7 Å². The van der Waals surface area contributed by atoms with Crippen molar-refractivity contribution >= 4 is 17.7 Å². The molecular weight excluding hydrogens is 200 g/mol. The minimum Gasteiger partial charge on any atom is -0.545 e. The van der Waals surface area contributed by atoms with Crippen molar-refractivity contribution in [2.24, 2.45) is 0 Å². The van der Waals surface area contributed by atoms with E-state index in [-0.39, 0.29) is 12.0 Å². The van der Waals surface area contributed by atoms with Gasteiger partial charge in [0.05, 0.1) is 5.97 Å². The second-order valence-electron chi connectivity index (χ2n) is 3.19. The largest absolute Gasteiger partial charge is 0.545 e. The first-order valence-electron chi connectivity index (χ1n) is 4.39. The van der Waals surface area contributed by atoms with Gasteiger partial charge in [-0.1, -0.05) is 13.5 Å². The summed E-state index contributed by atoms with van der Waals surface area (Å²) in [7, 11) is 0. The maximum atomic E-state index is 11.2. The predicted octanol–water partition coefficient (Wildman–Crippen LogP) is -0.407. The maximum absolute atomic E-state index is 11.2. The number of ketones is 1. The Morgan fingerprint density at radius 3 is 2.00 bits per heavy atom. The SMILES string of the molecule is C=C(C)C(=O)OC(CC)(C(C)=O)C(=O)[O-]. The first-order valence-corrected chi connectivity index (χ1v) is 4.39. The molecular formula is C10H13O5-. The number of carboxylic acids is 1. The molecule has 0 rings (SSSR count). The molecule has 0 aromatic heterocycles. The fourth-order valence-corrected chi connectivity index (χ4v) is 0.968. The highest BCUT2D eigenvalue weighted by Gasteiger charge is 2.39. The van der Waals surface area contributed by atoms with Crippen LogP contribution >= 0.6 is 0 Å². The summed E-state index contributed by atoms with van der Waals surface area (Å²) in [6.07, 6.45) is -0.177. The van der Waals surface area contributed by atoms with E-state index in [1.807, 2.05) is 0 Å². The summed E-state index contributed by atoms with van der Waals surface area (Å²) >= 11 is 0. The van der Waals surface area contributed by atoms with Crippen LogP contribution in [0.3, 0.4) is 0 Å². The second kappa shape index (κ2) is 4.72. The zero-order chi connectivity index (χ0) is 12.2. The van der Waals surface area contributed by atoms with Crippen molar-refractivity contribution in [3.05, 3.63) is 12.2 Å². The predicted molar refractivity (Wildman–Crippen MR) is 49.6 cm³/mol. The second-order valence-corrected chi connectivity index (χ2v) is 3.19. The molecule has 1 atom stereocenters. The van der Waals surface area contributed by atoms with E-state index in [1.54, 1.807) is 0 Å². The molecule has 0 spiro atoms. The van der Waals surface area contributed by atoms with Crippen molar-refractivity contribution in [1.29, 1.82) is 0 Å². The molecule has 0 amide bonds. The van der Waals surface area contributed by atoms with Crippen LogP contribution in [0.25, 0.3) is 0 Å². The molecule has 0 bridgehead atoms. The quantitative estimate of drug-likeness (QED) is 0.352. The molecule has 15 heavy (non-hydrogen) atoms. The van der Waals surface area contributed by atoms with Gasteiger partial charge < -0.3 is 14.6 Å². The van der Waals surface area contributed by atoms with Crippen LogP contribution in [0.2, 0.25) is 0 Å².